The highest BCUT2D eigenvalue weighted by atomic mass is 32.2. The Morgan fingerprint density at radius 3 is 2.37 bits per heavy atom. The molecule has 0 heterocycles. The fourth-order valence-electron chi connectivity index (χ4n) is 3.68. The van der Waals surface area contributed by atoms with Gasteiger partial charge in [0.15, 0.2) is 5.54 Å². The topological polar surface area (TPSA) is 93.1 Å². The van der Waals surface area contributed by atoms with Gasteiger partial charge in [0.25, 0.3) is 0 Å². The van der Waals surface area contributed by atoms with Crippen molar-refractivity contribution in [3.05, 3.63) is 59.7 Å². The zero-order valence-corrected chi connectivity index (χ0v) is 16.5. The maximum atomic E-state index is 13.0. The van der Waals surface area contributed by atoms with Gasteiger partial charge in [-0.15, -0.1) is 13.2 Å². The van der Waals surface area contributed by atoms with Crippen molar-refractivity contribution in [3.63, 3.8) is 0 Å². The summed E-state index contributed by atoms with van der Waals surface area (Å²) in [7, 11) is -5.04. The van der Waals surface area contributed by atoms with Crippen LogP contribution in [0.2, 0.25) is 0 Å². The minimum Gasteiger partial charge on any atom is -0.464 e. The molecule has 11 heteroatoms. The molecule has 0 saturated heterocycles. The van der Waals surface area contributed by atoms with Crippen LogP contribution >= 0.6 is 0 Å². The molecule has 1 aliphatic carbocycles. The number of benzene rings is 2. The number of rotatable bonds is 6. The first kappa shape index (κ1) is 21.9. The molecule has 162 valence electrons. The Morgan fingerprint density at radius 2 is 1.80 bits per heavy atom. The summed E-state index contributed by atoms with van der Waals surface area (Å²) in [5.41, 5.74) is -1.11. The Balaban J connectivity index is 2.17. The fraction of sp³-hybridized carbons (Fsp3) is 0.316. The van der Waals surface area contributed by atoms with Crippen LogP contribution in [0.25, 0.3) is 0 Å². The number of fused-ring (bicyclic) bond motifs is 1. The smallest absolute Gasteiger partial charge is 0.464 e. The molecular weight excluding hydrogens is 427 g/mol. The molecule has 0 amide bonds. The molecule has 0 spiro atoms. The first-order valence-corrected chi connectivity index (χ1v) is 10.3. The number of aryl methyl sites for hydroxylation is 1. The lowest BCUT2D eigenvalue weighted by Gasteiger charge is -2.38. The largest absolute Gasteiger partial charge is 0.573 e. The number of halogens is 3. The maximum absolute atomic E-state index is 13.0. The van der Waals surface area contributed by atoms with Crippen molar-refractivity contribution in [2.75, 3.05) is 10.9 Å². The zero-order chi connectivity index (χ0) is 22.2. The highest BCUT2D eigenvalue weighted by Crippen LogP contribution is 2.46. The summed E-state index contributed by atoms with van der Waals surface area (Å²) >= 11 is 0. The van der Waals surface area contributed by atoms with E-state index >= 15 is 0 Å². The van der Waals surface area contributed by atoms with Crippen LogP contribution in [0.4, 0.5) is 18.9 Å². The van der Waals surface area contributed by atoms with Gasteiger partial charge in [0.2, 0.25) is 0 Å². The van der Waals surface area contributed by atoms with Gasteiger partial charge in [-0.05, 0) is 55.2 Å². The molecule has 2 aromatic rings. The van der Waals surface area contributed by atoms with E-state index in [-0.39, 0.29) is 18.7 Å². The third-order valence-corrected chi connectivity index (χ3v) is 5.70. The van der Waals surface area contributed by atoms with Crippen molar-refractivity contribution >= 4 is 22.0 Å². The summed E-state index contributed by atoms with van der Waals surface area (Å²) in [5.74, 6) is -1.48. The maximum Gasteiger partial charge on any atom is 0.573 e. The molecule has 0 saturated carbocycles. The number of hydrogen-bond donors (Lipinski definition) is 1. The van der Waals surface area contributed by atoms with E-state index in [1.807, 2.05) is 0 Å². The third-order valence-electron chi connectivity index (χ3n) is 4.71. The number of ether oxygens (including phenoxy) is 2. The van der Waals surface area contributed by atoms with E-state index < -0.39 is 33.9 Å². The normalized spacial score (nSPS) is 18.6. The molecule has 30 heavy (non-hydrogen) atoms. The van der Waals surface area contributed by atoms with E-state index in [9.17, 15) is 30.9 Å². The molecule has 3 rings (SSSR count). The van der Waals surface area contributed by atoms with Crippen molar-refractivity contribution in [3.8, 4) is 5.75 Å². The molecule has 7 nitrogen and oxygen atoms in total. The molecule has 1 unspecified atom stereocenters. The Labute approximate surface area is 170 Å². The second-order valence-electron chi connectivity index (χ2n) is 6.52. The minimum absolute atomic E-state index is 0.0221. The summed E-state index contributed by atoms with van der Waals surface area (Å²) in [6.45, 7) is 1.51. The number of nitrogens with zero attached hydrogens (tertiary/aromatic N) is 1. The van der Waals surface area contributed by atoms with Crippen molar-refractivity contribution in [1.29, 1.82) is 0 Å². The van der Waals surface area contributed by atoms with Crippen LogP contribution in [0, 0.1) is 0 Å². The van der Waals surface area contributed by atoms with Crippen LogP contribution < -0.4 is 9.04 Å². The van der Waals surface area contributed by atoms with Gasteiger partial charge in [-0.3, -0.25) is 4.55 Å². The number of carbonyl (C=O) groups excluding carboxylic acids is 1. The summed E-state index contributed by atoms with van der Waals surface area (Å²) < 4.78 is 81.6. The number of carbonyl (C=O) groups is 1. The van der Waals surface area contributed by atoms with Crippen molar-refractivity contribution < 1.29 is 40.4 Å². The standard InChI is InChI=1S/C19H18F3NO6S/c1-2-28-17(24)18(12-11-13-5-3-4-6-16(13)18)23(30(25,26)27)14-7-9-15(10-8-14)29-19(20,21)22/h3-10H,2,11-12H2,1H3,(H,25,26,27). The lowest BCUT2D eigenvalue weighted by molar-refractivity contribution is -0.274. The van der Waals surface area contributed by atoms with Gasteiger partial charge in [0.1, 0.15) is 5.75 Å². The van der Waals surface area contributed by atoms with E-state index in [1.54, 1.807) is 31.2 Å². The Kier molecular flexibility index (Phi) is 5.70. The summed E-state index contributed by atoms with van der Waals surface area (Å²) in [6.07, 6.45) is -4.62. The van der Waals surface area contributed by atoms with Crippen molar-refractivity contribution in [1.82, 2.24) is 0 Å². The van der Waals surface area contributed by atoms with E-state index in [0.717, 1.165) is 24.3 Å². The Morgan fingerprint density at radius 1 is 1.17 bits per heavy atom. The van der Waals surface area contributed by atoms with Crippen LogP contribution in [0.5, 0.6) is 5.75 Å². The Hall–Kier alpha value is -2.79. The number of alkyl halides is 3. The molecule has 2 aromatic carbocycles. The van der Waals surface area contributed by atoms with Gasteiger partial charge in [-0.25, -0.2) is 9.10 Å². The molecule has 1 N–H and O–H groups in total. The van der Waals surface area contributed by atoms with Gasteiger partial charge in [-0.1, -0.05) is 24.3 Å². The predicted molar refractivity (Wildman–Crippen MR) is 100 cm³/mol. The van der Waals surface area contributed by atoms with E-state index in [1.165, 1.54) is 0 Å². The van der Waals surface area contributed by atoms with Crippen LogP contribution in [0.3, 0.4) is 0 Å². The zero-order valence-electron chi connectivity index (χ0n) is 15.7. The monoisotopic (exact) mass is 445 g/mol. The van der Waals surface area contributed by atoms with Crippen LogP contribution in [0.15, 0.2) is 48.5 Å². The second-order valence-corrected chi connectivity index (χ2v) is 7.78. The quantitative estimate of drug-likeness (QED) is 0.540. The third kappa shape index (κ3) is 4.08. The van der Waals surface area contributed by atoms with Crippen LogP contribution in [-0.2, 0) is 31.8 Å². The first-order valence-electron chi connectivity index (χ1n) is 8.88. The Bertz CT molecular complexity index is 1040. The number of hydrogen-bond acceptors (Lipinski definition) is 5. The average molecular weight is 445 g/mol. The molecule has 0 radical (unpaired) electrons. The SMILES string of the molecule is CCOC(=O)C1(N(c2ccc(OC(F)(F)F)cc2)S(=O)(=O)O)CCc2ccccc21. The van der Waals surface area contributed by atoms with E-state index in [4.69, 9.17) is 4.74 Å². The molecule has 0 bridgehead atoms. The molecular formula is C19H18F3NO6S. The van der Waals surface area contributed by atoms with Crippen molar-refractivity contribution in [2.24, 2.45) is 0 Å². The summed E-state index contributed by atoms with van der Waals surface area (Å²) in [4.78, 5) is 13.0. The van der Waals surface area contributed by atoms with E-state index in [0.29, 0.717) is 21.9 Å². The van der Waals surface area contributed by atoms with Gasteiger partial charge in [-0.2, -0.15) is 8.42 Å². The summed E-state index contributed by atoms with van der Waals surface area (Å²) in [6, 6.07) is 10.4. The van der Waals surface area contributed by atoms with Gasteiger partial charge in [0.05, 0.1) is 12.3 Å². The highest BCUT2D eigenvalue weighted by Gasteiger charge is 2.55. The molecule has 0 fully saturated rings. The fourth-order valence-corrected chi connectivity index (χ4v) is 4.73. The molecule has 0 aliphatic heterocycles. The second kappa shape index (κ2) is 7.80. The lowest BCUT2D eigenvalue weighted by Crippen LogP contribution is -2.54. The van der Waals surface area contributed by atoms with Gasteiger partial charge in [0, 0.05) is 0 Å². The van der Waals surface area contributed by atoms with Gasteiger partial charge >= 0.3 is 22.6 Å². The highest BCUT2D eigenvalue weighted by molar-refractivity contribution is 7.87. The van der Waals surface area contributed by atoms with E-state index in [2.05, 4.69) is 4.74 Å². The first-order chi connectivity index (χ1) is 14.0. The van der Waals surface area contributed by atoms with Gasteiger partial charge < -0.3 is 9.47 Å². The molecule has 0 aromatic heterocycles. The predicted octanol–water partition coefficient (Wildman–Crippen LogP) is 3.60. The number of esters is 1. The number of anilines is 1. The van der Waals surface area contributed by atoms with Crippen LogP contribution in [0.1, 0.15) is 24.5 Å². The van der Waals surface area contributed by atoms with Crippen molar-refractivity contribution in [2.45, 2.75) is 31.7 Å². The molecule has 1 atom stereocenters. The summed E-state index contributed by atoms with van der Waals surface area (Å²) in [5, 5.41) is 0. The average Bonchev–Trinajstić information content (AvgIpc) is 3.02. The molecule has 1 aliphatic rings. The lowest BCUT2D eigenvalue weighted by atomic mass is 9.91. The van der Waals surface area contributed by atoms with Crippen LogP contribution in [-0.4, -0.2) is 31.9 Å². The minimum atomic E-state index is -5.04.